The van der Waals surface area contributed by atoms with E-state index in [9.17, 15) is 0 Å². The average molecular weight is 356 g/mol. The molecule has 2 aromatic carbocycles. The monoisotopic (exact) mass is 356 g/mol. The van der Waals surface area contributed by atoms with Crippen molar-refractivity contribution in [2.45, 2.75) is 19.9 Å². The number of para-hydroxylation sites is 1. The van der Waals surface area contributed by atoms with Crippen LogP contribution in [0.25, 0.3) is 21.8 Å². The summed E-state index contributed by atoms with van der Waals surface area (Å²) >= 11 is 0. The lowest BCUT2D eigenvalue weighted by molar-refractivity contribution is 0.415. The van der Waals surface area contributed by atoms with Crippen LogP contribution in [0.3, 0.4) is 0 Å². The van der Waals surface area contributed by atoms with Gasteiger partial charge in [-0.15, -0.1) is 5.11 Å². The lowest BCUT2D eigenvalue weighted by Gasteiger charge is -2.07. The summed E-state index contributed by atoms with van der Waals surface area (Å²) in [6.45, 7) is 2.62. The number of ether oxygens (including phenoxy) is 1. The van der Waals surface area contributed by atoms with Crippen LogP contribution < -0.4 is 4.74 Å². The number of rotatable bonds is 5. The number of hydrogen-bond donors (Lipinski definition) is 0. The largest absolute Gasteiger partial charge is 0.497 e. The highest BCUT2D eigenvalue weighted by Gasteiger charge is 2.06. The van der Waals surface area contributed by atoms with Gasteiger partial charge >= 0.3 is 0 Å². The van der Waals surface area contributed by atoms with Crippen molar-refractivity contribution < 1.29 is 4.74 Å². The molecule has 0 aliphatic heterocycles. The molecular formula is C22H20N4O. The summed E-state index contributed by atoms with van der Waals surface area (Å²) in [7, 11) is 1.66. The zero-order valence-corrected chi connectivity index (χ0v) is 15.4. The van der Waals surface area contributed by atoms with Crippen molar-refractivity contribution in [1.29, 1.82) is 0 Å². The van der Waals surface area contributed by atoms with Gasteiger partial charge in [-0.2, -0.15) is 5.11 Å². The van der Waals surface area contributed by atoms with Gasteiger partial charge in [-0.25, -0.2) is 4.98 Å². The van der Waals surface area contributed by atoms with E-state index in [-0.39, 0.29) is 0 Å². The Morgan fingerprint density at radius 3 is 2.63 bits per heavy atom. The second-order valence-electron chi connectivity index (χ2n) is 6.26. The van der Waals surface area contributed by atoms with Crippen molar-refractivity contribution in [3.05, 3.63) is 71.9 Å². The molecule has 2 aromatic heterocycles. The quantitative estimate of drug-likeness (QED) is 0.435. The third-order valence-electron chi connectivity index (χ3n) is 4.62. The van der Waals surface area contributed by atoms with Crippen LogP contribution in [0, 0.1) is 0 Å². The van der Waals surface area contributed by atoms with Gasteiger partial charge in [0.05, 0.1) is 24.7 Å². The lowest BCUT2D eigenvalue weighted by Crippen LogP contribution is -1.90. The fourth-order valence-electron chi connectivity index (χ4n) is 3.21. The number of aryl methyl sites for hydroxylation is 1. The Labute approximate surface area is 157 Å². The van der Waals surface area contributed by atoms with Crippen LogP contribution >= 0.6 is 0 Å². The molecule has 0 saturated heterocycles. The molecule has 5 heteroatoms. The number of nitrogens with zero attached hydrogens (tertiary/aromatic N) is 4. The van der Waals surface area contributed by atoms with Crippen LogP contribution in [0.4, 0.5) is 5.82 Å². The van der Waals surface area contributed by atoms with Crippen molar-refractivity contribution in [3.63, 3.8) is 0 Å². The van der Waals surface area contributed by atoms with E-state index < -0.39 is 0 Å². The summed E-state index contributed by atoms with van der Waals surface area (Å²) in [4.78, 5) is 9.02. The van der Waals surface area contributed by atoms with Crippen molar-refractivity contribution in [2.75, 3.05) is 7.11 Å². The van der Waals surface area contributed by atoms with Gasteiger partial charge in [-0.05, 0) is 47.9 Å². The van der Waals surface area contributed by atoms with Crippen molar-refractivity contribution in [2.24, 2.45) is 10.2 Å². The van der Waals surface area contributed by atoms with Gasteiger partial charge in [0, 0.05) is 23.0 Å². The van der Waals surface area contributed by atoms with E-state index in [1.165, 1.54) is 5.56 Å². The van der Waals surface area contributed by atoms with Gasteiger partial charge in [0.15, 0.2) is 5.82 Å². The molecule has 5 nitrogen and oxygen atoms in total. The van der Waals surface area contributed by atoms with Crippen LogP contribution in [0.5, 0.6) is 5.75 Å². The predicted molar refractivity (Wildman–Crippen MR) is 108 cm³/mol. The van der Waals surface area contributed by atoms with Crippen LogP contribution in [0.15, 0.2) is 71.0 Å². The van der Waals surface area contributed by atoms with Crippen LogP contribution in [-0.4, -0.2) is 17.1 Å². The molecule has 0 spiro atoms. The summed E-state index contributed by atoms with van der Waals surface area (Å²) in [6.07, 6.45) is 2.71. The molecule has 0 atom stereocenters. The minimum atomic E-state index is 0.488. The zero-order valence-electron chi connectivity index (χ0n) is 15.4. The second-order valence-corrected chi connectivity index (χ2v) is 6.26. The normalized spacial score (nSPS) is 11.5. The number of azo groups is 1. The highest BCUT2D eigenvalue weighted by atomic mass is 16.5. The van der Waals surface area contributed by atoms with Crippen LogP contribution in [0.2, 0.25) is 0 Å². The van der Waals surface area contributed by atoms with Gasteiger partial charge in [-0.1, -0.05) is 25.1 Å². The molecule has 2 heterocycles. The van der Waals surface area contributed by atoms with E-state index in [2.05, 4.69) is 33.2 Å². The van der Waals surface area contributed by atoms with Gasteiger partial charge in [-0.3, -0.25) is 4.98 Å². The summed E-state index contributed by atoms with van der Waals surface area (Å²) in [5.74, 6) is 1.40. The van der Waals surface area contributed by atoms with E-state index in [4.69, 9.17) is 4.74 Å². The predicted octanol–water partition coefficient (Wildman–Crippen LogP) is 5.64. The van der Waals surface area contributed by atoms with Crippen LogP contribution in [-0.2, 0) is 13.0 Å². The number of methoxy groups -OCH3 is 1. The van der Waals surface area contributed by atoms with Crippen molar-refractivity contribution >= 4 is 27.6 Å². The Balaban J connectivity index is 1.66. The molecule has 0 aliphatic carbocycles. The Hall–Kier alpha value is -3.34. The number of benzene rings is 2. The molecule has 4 aromatic rings. The first kappa shape index (κ1) is 17.1. The minimum absolute atomic E-state index is 0.488. The molecule has 0 bridgehead atoms. The SMILES string of the molecule is CCc1cc(N=NCc2ccnc3ccccc23)nc2cc(OC)ccc12. The summed E-state index contributed by atoms with van der Waals surface area (Å²) in [5, 5.41) is 11.0. The highest BCUT2D eigenvalue weighted by Crippen LogP contribution is 2.27. The van der Waals surface area contributed by atoms with Gasteiger partial charge in [0.2, 0.25) is 0 Å². The maximum absolute atomic E-state index is 5.32. The number of pyridine rings is 2. The number of hydrogen-bond acceptors (Lipinski definition) is 5. The smallest absolute Gasteiger partial charge is 0.174 e. The first-order chi connectivity index (χ1) is 13.3. The molecule has 0 saturated carbocycles. The van der Waals surface area contributed by atoms with Crippen molar-refractivity contribution in [3.8, 4) is 5.75 Å². The van der Waals surface area contributed by atoms with Gasteiger partial charge < -0.3 is 4.74 Å². The Bertz CT molecular complexity index is 1130. The fraction of sp³-hybridized carbons (Fsp3) is 0.182. The first-order valence-corrected chi connectivity index (χ1v) is 8.96. The first-order valence-electron chi connectivity index (χ1n) is 8.96. The maximum atomic E-state index is 5.32. The van der Waals surface area contributed by atoms with Gasteiger partial charge in [0.1, 0.15) is 5.75 Å². The third kappa shape index (κ3) is 3.49. The second kappa shape index (κ2) is 7.50. The molecule has 0 unspecified atom stereocenters. The molecule has 27 heavy (non-hydrogen) atoms. The summed E-state index contributed by atoms with van der Waals surface area (Å²) in [6, 6.07) is 18.0. The standard InChI is InChI=1S/C22H20N4O/c1-3-15-12-22(25-21-13-17(27-2)8-9-19(15)21)26-24-14-16-10-11-23-20-7-5-4-6-18(16)20/h4-13H,3,14H2,1-2H3. The molecular weight excluding hydrogens is 336 g/mol. The average Bonchev–Trinajstić information content (AvgIpc) is 2.72. The fourth-order valence-corrected chi connectivity index (χ4v) is 3.21. The molecule has 134 valence electrons. The molecule has 0 amide bonds. The zero-order chi connectivity index (χ0) is 18.6. The number of aromatic nitrogens is 2. The summed E-state index contributed by atoms with van der Waals surface area (Å²) < 4.78 is 5.32. The molecule has 0 fully saturated rings. The van der Waals surface area contributed by atoms with Gasteiger partial charge in [0.25, 0.3) is 0 Å². The van der Waals surface area contributed by atoms with Crippen LogP contribution in [0.1, 0.15) is 18.1 Å². The molecule has 0 N–H and O–H groups in total. The van der Waals surface area contributed by atoms with E-state index >= 15 is 0 Å². The van der Waals surface area contributed by atoms with E-state index in [1.807, 2.05) is 54.7 Å². The highest BCUT2D eigenvalue weighted by molar-refractivity contribution is 5.85. The molecule has 4 rings (SSSR count). The van der Waals surface area contributed by atoms with Crippen molar-refractivity contribution in [1.82, 2.24) is 9.97 Å². The Morgan fingerprint density at radius 1 is 0.926 bits per heavy atom. The molecule has 0 radical (unpaired) electrons. The lowest BCUT2D eigenvalue weighted by atomic mass is 10.1. The van der Waals surface area contributed by atoms with E-state index in [0.29, 0.717) is 12.4 Å². The Morgan fingerprint density at radius 2 is 1.78 bits per heavy atom. The summed E-state index contributed by atoms with van der Waals surface area (Å²) in [5.41, 5.74) is 4.14. The maximum Gasteiger partial charge on any atom is 0.174 e. The van der Waals surface area contributed by atoms with E-state index in [0.717, 1.165) is 39.5 Å². The number of fused-ring (bicyclic) bond motifs is 2. The van der Waals surface area contributed by atoms with E-state index in [1.54, 1.807) is 7.11 Å². The molecule has 0 aliphatic rings. The minimum Gasteiger partial charge on any atom is -0.497 e. The third-order valence-corrected chi connectivity index (χ3v) is 4.62. The Kier molecular flexibility index (Phi) is 4.75. The topological polar surface area (TPSA) is 59.7 Å².